The smallest absolute Gasteiger partial charge is 0.290 e. The molecule has 2 aromatic carbocycles. The van der Waals surface area contributed by atoms with Gasteiger partial charge >= 0.3 is 0 Å². The molecule has 27 heavy (non-hydrogen) atoms. The van der Waals surface area contributed by atoms with Gasteiger partial charge in [0.15, 0.2) is 0 Å². The van der Waals surface area contributed by atoms with Gasteiger partial charge in [0.2, 0.25) is 5.91 Å². The summed E-state index contributed by atoms with van der Waals surface area (Å²) < 4.78 is 19.0. The predicted molar refractivity (Wildman–Crippen MR) is 99.8 cm³/mol. The normalized spacial score (nSPS) is 15.6. The SMILES string of the molecule is COc1ccc(F)c(Nc2ccc(C3=NNC(=O)C[C@H]3C)cc2)c1.O=CO. The van der Waals surface area contributed by atoms with E-state index in [9.17, 15) is 9.18 Å². The number of methoxy groups -OCH3 is 1. The standard InChI is InChI=1S/C18H18FN3O2.CH2O2/c1-11-9-17(23)21-22-18(11)12-3-5-13(6-4-12)20-16-10-14(24-2)7-8-15(16)19;2-1-3/h3-8,10-11,20H,9H2,1-2H3,(H,21,23);1H,(H,2,3)/t11-;/m1./s1. The Morgan fingerprint density at radius 2 is 1.96 bits per heavy atom. The van der Waals surface area contributed by atoms with Crippen LogP contribution in [0.15, 0.2) is 47.6 Å². The van der Waals surface area contributed by atoms with Gasteiger partial charge in [-0.15, -0.1) is 0 Å². The van der Waals surface area contributed by atoms with E-state index in [1.54, 1.807) is 12.1 Å². The van der Waals surface area contributed by atoms with E-state index < -0.39 is 0 Å². The maximum Gasteiger partial charge on any atom is 0.290 e. The molecule has 0 saturated heterocycles. The van der Waals surface area contributed by atoms with Gasteiger partial charge in [0, 0.05) is 24.1 Å². The molecule has 0 bridgehead atoms. The molecule has 1 aliphatic heterocycles. The molecule has 3 N–H and O–H groups in total. The summed E-state index contributed by atoms with van der Waals surface area (Å²) in [6.45, 7) is 1.72. The van der Waals surface area contributed by atoms with Crippen LogP contribution < -0.4 is 15.5 Å². The van der Waals surface area contributed by atoms with Crippen LogP contribution in [0.5, 0.6) is 5.75 Å². The number of hydrogen-bond donors (Lipinski definition) is 3. The Balaban J connectivity index is 0.000000817. The Hall–Kier alpha value is -3.42. The molecule has 8 heteroatoms. The Morgan fingerprint density at radius 1 is 1.30 bits per heavy atom. The molecular weight excluding hydrogens is 353 g/mol. The highest BCUT2D eigenvalue weighted by Crippen LogP contribution is 2.25. The highest BCUT2D eigenvalue weighted by molar-refractivity contribution is 6.05. The Kier molecular flexibility index (Phi) is 6.87. The summed E-state index contributed by atoms with van der Waals surface area (Å²) in [4.78, 5) is 19.7. The third-order valence-corrected chi connectivity index (χ3v) is 3.89. The monoisotopic (exact) mass is 373 g/mol. The number of halogens is 1. The maximum absolute atomic E-state index is 13.9. The molecule has 7 nitrogen and oxygen atoms in total. The van der Waals surface area contributed by atoms with E-state index in [-0.39, 0.29) is 24.1 Å². The van der Waals surface area contributed by atoms with E-state index in [2.05, 4.69) is 15.8 Å². The number of anilines is 2. The van der Waals surface area contributed by atoms with Crippen LogP contribution in [0.3, 0.4) is 0 Å². The third-order valence-electron chi connectivity index (χ3n) is 3.89. The van der Waals surface area contributed by atoms with Crippen molar-refractivity contribution >= 4 is 29.5 Å². The first kappa shape index (κ1) is 19.9. The van der Waals surface area contributed by atoms with Crippen molar-refractivity contribution in [3.63, 3.8) is 0 Å². The first-order chi connectivity index (χ1) is 13.0. The number of ether oxygens (including phenoxy) is 1. The summed E-state index contributed by atoms with van der Waals surface area (Å²) in [5, 5.41) is 14.1. The average molecular weight is 373 g/mol. The van der Waals surface area contributed by atoms with Gasteiger partial charge in [-0.05, 0) is 29.8 Å². The zero-order valence-corrected chi connectivity index (χ0v) is 14.9. The first-order valence-electron chi connectivity index (χ1n) is 8.13. The van der Waals surface area contributed by atoms with E-state index in [1.165, 1.54) is 13.2 Å². The van der Waals surface area contributed by atoms with Crippen molar-refractivity contribution in [2.45, 2.75) is 13.3 Å². The number of carboxylic acid groups (broad SMARTS) is 1. The van der Waals surface area contributed by atoms with Gasteiger partial charge in [-0.3, -0.25) is 9.59 Å². The van der Waals surface area contributed by atoms with Gasteiger partial charge in [0.05, 0.1) is 18.5 Å². The molecule has 1 atom stereocenters. The molecule has 3 rings (SSSR count). The van der Waals surface area contributed by atoms with Gasteiger partial charge in [-0.1, -0.05) is 19.1 Å². The molecule has 142 valence electrons. The van der Waals surface area contributed by atoms with Crippen molar-refractivity contribution in [2.75, 3.05) is 12.4 Å². The first-order valence-corrected chi connectivity index (χ1v) is 8.13. The minimum atomic E-state index is -0.354. The Bertz CT molecular complexity index is 837. The fraction of sp³-hybridized carbons (Fsp3) is 0.211. The second-order valence-electron chi connectivity index (χ2n) is 5.79. The minimum absolute atomic E-state index is 0.0633. The molecule has 0 radical (unpaired) electrons. The fourth-order valence-corrected chi connectivity index (χ4v) is 2.61. The Morgan fingerprint density at radius 3 is 2.56 bits per heavy atom. The molecule has 1 heterocycles. The van der Waals surface area contributed by atoms with E-state index >= 15 is 0 Å². The number of benzene rings is 2. The van der Waals surface area contributed by atoms with Gasteiger partial charge in [-0.25, -0.2) is 9.82 Å². The summed E-state index contributed by atoms with van der Waals surface area (Å²) in [6.07, 6.45) is 0.424. The van der Waals surface area contributed by atoms with Crippen LogP contribution in [-0.4, -0.2) is 30.3 Å². The van der Waals surface area contributed by atoms with Crippen molar-refractivity contribution in [3.05, 3.63) is 53.8 Å². The average Bonchev–Trinajstić information content (AvgIpc) is 2.65. The van der Waals surface area contributed by atoms with Crippen molar-refractivity contribution in [1.29, 1.82) is 0 Å². The van der Waals surface area contributed by atoms with Crippen LogP contribution in [0, 0.1) is 11.7 Å². The topological polar surface area (TPSA) is 100 Å². The highest BCUT2D eigenvalue weighted by atomic mass is 19.1. The summed E-state index contributed by atoms with van der Waals surface area (Å²) in [7, 11) is 1.54. The van der Waals surface area contributed by atoms with Crippen molar-refractivity contribution in [1.82, 2.24) is 5.43 Å². The molecular formula is C19H20FN3O4. The lowest BCUT2D eigenvalue weighted by molar-refractivity contribution is -0.123. The second kappa shape index (κ2) is 9.33. The Labute approximate surface area is 155 Å². The number of carbonyl (C=O) groups is 2. The molecule has 0 aromatic heterocycles. The molecule has 0 unspecified atom stereocenters. The molecule has 0 spiro atoms. The molecule has 1 aliphatic rings. The number of nitrogens with one attached hydrogen (secondary N) is 2. The number of hydrogen-bond acceptors (Lipinski definition) is 5. The third kappa shape index (κ3) is 5.27. The largest absolute Gasteiger partial charge is 0.497 e. The molecule has 0 fully saturated rings. The highest BCUT2D eigenvalue weighted by Gasteiger charge is 2.21. The van der Waals surface area contributed by atoms with Crippen LogP contribution >= 0.6 is 0 Å². The van der Waals surface area contributed by atoms with E-state index in [0.717, 1.165) is 17.0 Å². The van der Waals surface area contributed by atoms with Crippen molar-refractivity contribution in [2.24, 2.45) is 11.0 Å². The predicted octanol–water partition coefficient (Wildman–Crippen LogP) is 3.14. The lowest BCUT2D eigenvalue weighted by atomic mass is 9.94. The van der Waals surface area contributed by atoms with Gasteiger partial charge < -0.3 is 15.2 Å². The summed E-state index contributed by atoms with van der Waals surface area (Å²) in [5.74, 6) is 0.218. The van der Waals surface area contributed by atoms with Gasteiger partial charge in [-0.2, -0.15) is 5.10 Å². The van der Waals surface area contributed by atoms with E-state index in [0.29, 0.717) is 17.9 Å². The van der Waals surface area contributed by atoms with Crippen LogP contribution in [0.4, 0.5) is 15.8 Å². The number of carbonyl (C=O) groups excluding carboxylic acids is 1. The zero-order valence-electron chi connectivity index (χ0n) is 14.9. The van der Waals surface area contributed by atoms with Crippen molar-refractivity contribution < 1.29 is 23.8 Å². The van der Waals surface area contributed by atoms with E-state index in [4.69, 9.17) is 14.6 Å². The number of rotatable bonds is 4. The van der Waals surface area contributed by atoms with E-state index in [1.807, 2.05) is 31.2 Å². The van der Waals surface area contributed by atoms with Crippen molar-refractivity contribution in [3.8, 4) is 5.75 Å². The van der Waals surface area contributed by atoms with Crippen LogP contribution in [0.1, 0.15) is 18.9 Å². The van der Waals surface area contributed by atoms with Crippen LogP contribution in [-0.2, 0) is 9.59 Å². The summed E-state index contributed by atoms with van der Waals surface area (Å²) in [6, 6.07) is 12.0. The molecule has 2 aromatic rings. The number of amides is 1. The van der Waals surface area contributed by atoms with Crippen LogP contribution in [0.25, 0.3) is 0 Å². The van der Waals surface area contributed by atoms with Gasteiger partial charge in [0.1, 0.15) is 11.6 Å². The zero-order chi connectivity index (χ0) is 19.8. The lowest BCUT2D eigenvalue weighted by Gasteiger charge is -2.19. The molecule has 0 aliphatic carbocycles. The minimum Gasteiger partial charge on any atom is -0.497 e. The molecule has 1 amide bonds. The number of nitrogens with zero attached hydrogens (tertiary/aromatic N) is 1. The van der Waals surface area contributed by atoms with Gasteiger partial charge in [0.25, 0.3) is 6.47 Å². The maximum atomic E-state index is 13.9. The number of hydrazone groups is 1. The van der Waals surface area contributed by atoms with Crippen LogP contribution in [0.2, 0.25) is 0 Å². The quantitative estimate of drug-likeness (QED) is 0.715. The summed E-state index contributed by atoms with van der Waals surface area (Å²) >= 11 is 0. The molecule has 0 saturated carbocycles. The lowest BCUT2D eigenvalue weighted by Crippen LogP contribution is -2.31. The second-order valence-corrected chi connectivity index (χ2v) is 5.79. The summed E-state index contributed by atoms with van der Waals surface area (Å²) in [5.41, 5.74) is 5.37. The fourth-order valence-electron chi connectivity index (χ4n) is 2.61.